The molecule has 0 unspecified atom stereocenters. The maximum Gasteiger partial charge on any atom is 0.135 e. The van der Waals surface area contributed by atoms with E-state index in [1.54, 1.807) is 6.08 Å². The zero-order valence-electron chi connectivity index (χ0n) is 12.5. The Hall–Kier alpha value is -1.70. The molecule has 0 amide bonds. The van der Waals surface area contributed by atoms with E-state index in [2.05, 4.69) is 18.5 Å². The highest BCUT2D eigenvalue weighted by molar-refractivity contribution is 5.79. The lowest BCUT2D eigenvalue weighted by Gasteiger charge is -1.99. The van der Waals surface area contributed by atoms with E-state index in [1.165, 1.54) is 11.1 Å². The molecule has 0 aliphatic rings. The van der Waals surface area contributed by atoms with Crippen molar-refractivity contribution in [3.8, 4) is 0 Å². The summed E-state index contributed by atoms with van der Waals surface area (Å²) >= 11 is 0. The molecule has 0 aliphatic carbocycles. The van der Waals surface area contributed by atoms with Gasteiger partial charge >= 0.3 is 0 Å². The summed E-state index contributed by atoms with van der Waals surface area (Å²) in [6, 6.07) is 2.04. The van der Waals surface area contributed by atoms with Gasteiger partial charge in [-0.2, -0.15) is 0 Å². The van der Waals surface area contributed by atoms with Crippen molar-refractivity contribution in [2.75, 3.05) is 0 Å². The molecule has 2 nitrogen and oxygen atoms in total. The summed E-state index contributed by atoms with van der Waals surface area (Å²) in [5.74, 6) is 0.574. The van der Waals surface area contributed by atoms with Gasteiger partial charge in [0.15, 0.2) is 0 Å². The Balaban J connectivity index is 0.000000399. The van der Waals surface area contributed by atoms with Crippen molar-refractivity contribution in [1.82, 2.24) is 4.98 Å². The zero-order chi connectivity index (χ0) is 14.7. The van der Waals surface area contributed by atoms with E-state index < -0.39 is 0 Å². The highest BCUT2D eigenvalue weighted by atomic mass is 16.1. The molecule has 2 heteroatoms. The molecule has 0 aliphatic heterocycles. The zero-order valence-corrected chi connectivity index (χ0v) is 12.5. The van der Waals surface area contributed by atoms with E-state index in [4.69, 9.17) is 0 Å². The standard InChI is InChI=1S/C11H13N.C6H12O/c1-3-5-6-11-9-12-8-7-10(11)4-2;1-4-6(7)5(2)3/h3,5-9H,1,4H2,2H3;5H,4H2,1-3H3/b6-5-;. The van der Waals surface area contributed by atoms with Gasteiger partial charge in [0.05, 0.1) is 0 Å². The lowest BCUT2D eigenvalue weighted by molar-refractivity contribution is -0.121. The third kappa shape index (κ3) is 7.35. The van der Waals surface area contributed by atoms with Gasteiger partial charge in [-0.1, -0.05) is 52.5 Å². The number of aryl methyl sites for hydroxylation is 1. The van der Waals surface area contributed by atoms with Crippen LogP contribution in [0.1, 0.15) is 45.2 Å². The van der Waals surface area contributed by atoms with Gasteiger partial charge in [-0.25, -0.2) is 0 Å². The second-order valence-corrected chi connectivity index (χ2v) is 4.50. The van der Waals surface area contributed by atoms with Crippen molar-refractivity contribution in [2.45, 2.75) is 40.5 Å². The van der Waals surface area contributed by atoms with Crippen molar-refractivity contribution in [3.05, 3.63) is 48.3 Å². The predicted molar refractivity (Wildman–Crippen MR) is 83.0 cm³/mol. The number of ketones is 1. The molecule has 0 bridgehead atoms. The van der Waals surface area contributed by atoms with E-state index >= 15 is 0 Å². The first-order valence-electron chi connectivity index (χ1n) is 6.81. The second kappa shape index (κ2) is 10.2. The second-order valence-electron chi connectivity index (χ2n) is 4.50. The molecule has 0 fully saturated rings. The van der Waals surface area contributed by atoms with Gasteiger partial charge in [0.1, 0.15) is 5.78 Å². The van der Waals surface area contributed by atoms with Crippen molar-refractivity contribution in [3.63, 3.8) is 0 Å². The number of hydrogen-bond acceptors (Lipinski definition) is 2. The van der Waals surface area contributed by atoms with Crippen LogP contribution in [0.15, 0.2) is 37.2 Å². The third-order valence-corrected chi connectivity index (χ3v) is 2.73. The van der Waals surface area contributed by atoms with E-state index in [9.17, 15) is 4.79 Å². The van der Waals surface area contributed by atoms with Gasteiger partial charge in [0.2, 0.25) is 0 Å². The number of allylic oxidation sites excluding steroid dienone is 2. The topological polar surface area (TPSA) is 30.0 Å². The number of rotatable bonds is 5. The van der Waals surface area contributed by atoms with Gasteiger partial charge in [-0.3, -0.25) is 9.78 Å². The molecule has 1 heterocycles. The Morgan fingerprint density at radius 1 is 1.42 bits per heavy atom. The van der Waals surface area contributed by atoms with Crippen LogP contribution in [0.4, 0.5) is 0 Å². The van der Waals surface area contributed by atoms with Crippen LogP contribution in [-0.2, 0) is 11.2 Å². The summed E-state index contributed by atoms with van der Waals surface area (Å²) < 4.78 is 0. The number of nitrogens with zero attached hydrogens (tertiary/aromatic N) is 1. The van der Waals surface area contributed by atoms with Crippen LogP contribution in [0, 0.1) is 5.92 Å². The summed E-state index contributed by atoms with van der Waals surface area (Å²) in [6.07, 6.45) is 11.1. The molecule has 1 rings (SSSR count). The summed E-state index contributed by atoms with van der Waals surface area (Å²) in [4.78, 5) is 14.6. The van der Waals surface area contributed by atoms with Crippen LogP contribution >= 0.6 is 0 Å². The Morgan fingerprint density at radius 3 is 2.53 bits per heavy atom. The number of pyridine rings is 1. The van der Waals surface area contributed by atoms with E-state index in [1.807, 2.05) is 51.4 Å². The molecule has 0 aromatic carbocycles. The van der Waals surface area contributed by atoms with Crippen molar-refractivity contribution >= 4 is 11.9 Å². The number of Topliss-reactive ketones (excluding diaryl/α,β-unsaturated/α-hetero) is 1. The fraction of sp³-hybridized carbons (Fsp3) is 0.412. The molecular formula is C17H25NO. The highest BCUT2D eigenvalue weighted by Gasteiger charge is 2.00. The first kappa shape index (κ1) is 17.3. The van der Waals surface area contributed by atoms with E-state index in [0.717, 1.165) is 6.42 Å². The van der Waals surface area contributed by atoms with Gasteiger partial charge in [-0.15, -0.1) is 0 Å². The lowest BCUT2D eigenvalue weighted by atomic mass is 10.1. The Kier molecular flexibility index (Phi) is 9.33. The first-order valence-corrected chi connectivity index (χ1v) is 6.81. The minimum Gasteiger partial charge on any atom is -0.299 e. The number of carbonyl (C=O) groups is 1. The van der Waals surface area contributed by atoms with Crippen LogP contribution in [0.25, 0.3) is 6.08 Å². The molecule has 0 atom stereocenters. The first-order chi connectivity index (χ1) is 9.06. The largest absolute Gasteiger partial charge is 0.299 e. The Labute approximate surface area is 117 Å². The molecule has 1 aromatic rings. The van der Waals surface area contributed by atoms with Crippen LogP contribution in [0.5, 0.6) is 0 Å². The van der Waals surface area contributed by atoms with Crippen molar-refractivity contribution in [1.29, 1.82) is 0 Å². The summed E-state index contributed by atoms with van der Waals surface area (Å²) in [7, 11) is 0. The van der Waals surface area contributed by atoms with Gasteiger partial charge in [-0.05, 0) is 23.6 Å². The summed E-state index contributed by atoms with van der Waals surface area (Å²) in [5, 5.41) is 0. The molecule has 19 heavy (non-hydrogen) atoms. The van der Waals surface area contributed by atoms with Gasteiger partial charge in [0, 0.05) is 24.7 Å². The minimum absolute atomic E-state index is 0.227. The molecule has 0 spiro atoms. The predicted octanol–water partition coefficient (Wildman–Crippen LogP) is 4.46. The molecule has 1 aromatic heterocycles. The molecule has 104 valence electrons. The Bertz CT molecular complexity index is 419. The minimum atomic E-state index is 0.227. The number of hydrogen-bond donors (Lipinski definition) is 0. The third-order valence-electron chi connectivity index (χ3n) is 2.73. The molecule has 0 radical (unpaired) electrons. The van der Waals surface area contributed by atoms with E-state index in [-0.39, 0.29) is 5.92 Å². The van der Waals surface area contributed by atoms with Crippen molar-refractivity contribution in [2.24, 2.45) is 5.92 Å². The quantitative estimate of drug-likeness (QED) is 0.730. The summed E-state index contributed by atoms with van der Waals surface area (Å²) in [5.41, 5.74) is 2.50. The lowest BCUT2D eigenvalue weighted by Crippen LogP contribution is -2.03. The van der Waals surface area contributed by atoms with Gasteiger partial charge in [0.25, 0.3) is 0 Å². The highest BCUT2D eigenvalue weighted by Crippen LogP contribution is 2.09. The number of aromatic nitrogens is 1. The molecule has 0 saturated carbocycles. The van der Waals surface area contributed by atoms with Crippen LogP contribution < -0.4 is 0 Å². The smallest absolute Gasteiger partial charge is 0.135 e. The fourth-order valence-electron chi connectivity index (χ4n) is 1.49. The summed E-state index contributed by atoms with van der Waals surface area (Å²) in [6.45, 7) is 11.5. The van der Waals surface area contributed by atoms with E-state index in [0.29, 0.717) is 12.2 Å². The van der Waals surface area contributed by atoms with Gasteiger partial charge < -0.3 is 0 Å². The molecule has 0 N–H and O–H groups in total. The maximum atomic E-state index is 10.5. The monoisotopic (exact) mass is 259 g/mol. The maximum absolute atomic E-state index is 10.5. The normalized spacial score (nSPS) is 10.2. The Morgan fingerprint density at radius 2 is 2.11 bits per heavy atom. The molecule has 0 saturated heterocycles. The van der Waals surface area contributed by atoms with Crippen LogP contribution in [0.2, 0.25) is 0 Å². The van der Waals surface area contributed by atoms with Crippen molar-refractivity contribution < 1.29 is 4.79 Å². The average Bonchev–Trinajstić information content (AvgIpc) is 2.44. The fourth-order valence-corrected chi connectivity index (χ4v) is 1.49. The average molecular weight is 259 g/mol. The molecular weight excluding hydrogens is 234 g/mol. The van der Waals surface area contributed by atoms with Crippen LogP contribution in [-0.4, -0.2) is 10.8 Å². The van der Waals surface area contributed by atoms with Crippen LogP contribution in [0.3, 0.4) is 0 Å². The number of carbonyl (C=O) groups excluding carboxylic acids is 1. The SMILES string of the molecule is C=C/C=C\c1cnccc1CC.CCC(=O)C(C)C.